The van der Waals surface area contributed by atoms with Crippen LogP contribution in [0, 0.1) is 0 Å². The molecule has 6 aromatic carbocycles. The van der Waals surface area contributed by atoms with E-state index in [4.69, 9.17) is 4.74 Å². The summed E-state index contributed by atoms with van der Waals surface area (Å²) in [6.07, 6.45) is 0. The van der Waals surface area contributed by atoms with Crippen LogP contribution in [0.5, 0.6) is 11.5 Å². The molecule has 1 heterocycles. The number of para-hydroxylation sites is 1. The van der Waals surface area contributed by atoms with Crippen molar-refractivity contribution in [2.24, 2.45) is 0 Å². The Morgan fingerprint density at radius 2 is 1.36 bits per heavy atom. The van der Waals surface area contributed by atoms with Crippen molar-refractivity contribution in [1.82, 2.24) is 0 Å². The summed E-state index contributed by atoms with van der Waals surface area (Å²) in [5.74, 6) is 2.37. The van der Waals surface area contributed by atoms with Gasteiger partial charge in [0.1, 0.15) is 11.5 Å². The van der Waals surface area contributed by atoms with Gasteiger partial charge in [-0.3, -0.25) is 0 Å². The van der Waals surface area contributed by atoms with Gasteiger partial charge in [-0.25, -0.2) is 0 Å². The van der Waals surface area contributed by atoms with Crippen LogP contribution < -0.4 is 21.1 Å². The topological polar surface area (TPSA) is 9.23 Å². The van der Waals surface area contributed by atoms with E-state index in [0.29, 0.717) is 5.92 Å². The third-order valence-electron chi connectivity index (χ3n) is 7.31. The van der Waals surface area contributed by atoms with Crippen molar-refractivity contribution < 1.29 is 4.74 Å². The fourth-order valence-electron chi connectivity index (χ4n) is 5.86. The Labute approximate surface area is 194 Å². The van der Waals surface area contributed by atoms with Crippen molar-refractivity contribution in [2.45, 2.75) is 19.8 Å². The third-order valence-corrected chi connectivity index (χ3v) is 7.31. The van der Waals surface area contributed by atoms with Crippen molar-refractivity contribution >= 4 is 55.4 Å². The van der Waals surface area contributed by atoms with E-state index in [9.17, 15) is 0 Å². The number of hydrogen-bond donors (Lipinski definition) is 0. The second-order valence-corrected chi connectivity index (χ2v) is 9.51. The second kappa shape index (κ2) is 6.86. The first kappa shape index (κ1) is 18.8. The number of hydrogen-bond acceptors (Lipinski definition) is 1. The van der Waals surface area contributed by atoms with Crippen LogP contribution in [0.4, 0.5) is 0 Å². The quantitative estimate of drug-likeness (QED) is 0.234. The predicted molar refractivity (Wildman–Crippen MR) is 142 cm³/mol. The van der Waals surface area contributed by atoms with Crippen molar-refractivity contribution in [3.63, 3.8) is 0 Å². The molecule has 0 atom stereocenters. The molecule has 0 saturated heterocycles. The molecular formula is C31H23BO. The highest BCUT2D eigenvalue weighted by atomic mass is 16.5. The first-order valence-electron chi connectivity index (χ1n) is 11.8. The maximum atomic E-state index is 6.65. The Bertz CT molecular complexity index is 1670. The molecule has 0 spiro atoms. The minimum Gasteiger partial charge on any atom is -0.457 e. The normalized spacial score (nSPS) is 13.0. The molecule has 1 aliphatic rings. The Morgan fingerprint density at radius 1 is 0.606 bits per heavy atom. The van der Waals surface area contributed by atoms with Crippen molar-refractivity contribution in [3.8, 4) is 11.5 Å². The molecule has 2 heteroatoms. The Balaban J connectivity index is 1.70. The highest BCUT2D eigenvalue weighted by Gasteiger charge is 2.32. The van der Waals surface area contributed by atoms with Gasteiger partial charge in [0, 0.05) is 10.8 Å². The van der Waals surface area contributed by atoms with Crippen LogP contribution in [0.1, 0.15) is 25.3 Å². The van der Waals surface area contributed by atoms with Crippen LogP contribution in [0.25, 0.3) is 32.3 Å². The van der Waals surface area contributed by atoms with Crippen LogP contribution in [0.2, 0.25) is 0 Å². The van der Waals surface area contributed by atoms with Gasteiger partial charge in [-0.2, -0.15) is 0 Å². The molecule has 0 saturated carbocycles. The average Bonchev–Trinajstić information content (AvgIpc) is 2.99. The van der Waals surface area contributed by atoms with E-state index in [2.05, 4.69) is 111 Å². The number of rotatable bonds is 2. The van der Waals surface area contributed by atoms with E-state index in [-0.39, 0.29) is 6.71 Å². The lowest BCUT2D eigenvalue weighted by atomic mass is 9.36. The Hall–Kier alpha value is -3.78. The molecule has 1 aliphatic heterocycles. The van der Waals surface area contributed by atoms with Crippen LogP contribution >= 0.6 is 0 Å². The maximum Gasteiger partial charge on any atom is 0.247 e. The van der Waals surface area contributed by atoms with Gasteiger partial charge < -0.3 is 4.74 Å². The van der Waals surface area contributed by atoms with E-state index in [1.165, 1.54) is 54.3 Å². The van der Waals surface area contributed by atoms with Crippen molar-refractivity contribution in [2.75, 3.05) is 0 Å². The standard InChI is InChI=1S/C31H23BO/c1-19(2)23-15-13-21-18-26-31-28(17-14-20-12-16-24(23)29(21)30(20)31)33-27-11-7-6-10-25(27)32(26)22-8-4-3-5-9-22/h3-19H,1-2H3. The highest BCUT2D eigenvalue weighted by molar-refractivity contribution is 6.97. The van der Waals surface area contributed by atoms with Crippen LogP contribution in [0.3, 0.4) is 0 Å². The zero-order chi connectivity index (χ0) is 22.1. The summed E-state index contributed by atoms with van der Waals surface area (Å²) >= 11 is 0. The highest BCUT2D eigenvalue weighted by Crippen LogP contribution is 2.42. The number of ether oxygens (including phenoxy) is 1. The molecule has 0 unspecified atom stereocenters. The largest absolute Gasteiger partial charge is 0.457 e. The minimum atomic E-state index is 0.113. The summed E-state index contributed by atoms with van der Waals surface area (Å²) in [6.45, 7) is 4.67. The SMILES string of the molecule is CC(C)c1ccc2cc3c4c(ccc5ccc1c2c54)Oc1ccccc1B3c1ccccc1. The first-order valence-corrected chi connectivity index (χ1v) is 11.8. The van der Waals surface area contributed by atoms with E-state index >= 15 is 0 Å². The Morgan fingerprint density at radius 3 is 2.21 bits per heavy atom. The summed E-state index contributed by atoms with van der Waals surface area (Å²) in [6, 6.07) is 35.4. The lowest BCUT2D eigenvalue weighted by Crippen LogP contribution is -2.51. The minimum absolute atomic E-state index is 0.113. The first-order chi connectivity index (χ1) is 16.2. The zero-order valence-electron chi connectivity index (χ0n) is 18.8. The number of benzene rings is 6. The molecule has 0 aliphatic carbocycles. The summed E-state index contributed by atoms with van der Waals surface area (Å²) in [4.78, 5) is 0. The van der Waals surface area contributed by atoms with E-state index < -0.39 is 0 Å². The molecule has 6 aromatic rings. The van der Waals surface area contributed by atoms with Gasteiger partial charge in [-0.1, -0.05) is 110 Å². The van der Waals surface area contributed by atoms with E-state index in [1.807, 2.05) is 0 Å². The van der Waals surface area contributed by atoms with Crippen LogP contribution in [-0.2, 0) is 0 Å². The second-order valence-electron chi connectivity index (χ2n) is 9.51. The maximum absolute atomic E-state index is 6.65. The average molecular weight is 422 g/mol. The van der Waals surface area contributed by atoms with Gasteiger partial charge >= 0.3 is 0 Å². The van der Waals surface area contributed by atoms with E-state index in [0.717, 1.165) is 11.5 Å². The molecule has 7 rings (SSSR count). The van der Waals surface area contributed by atoms with Crippen LogP contribution in [0.15, 0.2) is 97.1 Å². The molecule has 0 amide bonds. The monoisotopic (exact) mass is 422 g/mol. The molecule has 156 valence electrons. The van der Waals surface area contributed by atoms with E-state index in [1.54, 1.807) is 0 Å². The van der Waals surface area contributed by atoms with Crippen molar-refractivity contribution in [3.05, 3.63) is 103 Å². The molecular weight excluding hydrogens is 399 g/mol. The lowest BCUT2D eigenvalue weighted by molar-refractivity contribution is 0.493. The molecule has 33 heavy (non-hydrogen) atoms. The smallest absolute Gasteiger partial charge is 0.247 e. The molecule has 0 fully saturated rings. The van der Waals surface area contributed by atoms with Gasteiger partial charge in [0.15, 0.2) is 0 Å². The third kappa shape index (κ3) is 2.61. The predicted octanol–water partition coefficient (Wildman–Crippen LogP) is 6.33. The van der Waals surface area contributed by atoms with Gasteiger partial charge in [0.2, 0.25) is 6.71 Å². The van der Waals surface area contributed by atoms with Crippen LogP contribution in [-0.4, -0.2) is 6.71 Å². The summed E-state index contributed by atoms with van der Waals surface area (Å²) in [5.41, 5.74) is 5.24. The number of fused-ring (bicyclic) bond motifs is 1. The lowest BCUT2D eigenvalue weighted by Gasteiger charge is -2.21. The summed E-state index contributed by atoms with van der Waals surface area (Å²) in [5, 5.41) is 7.87. The summed E-state index contributed by atoms with van der Waals surface area (Å²) < 4.78 is 6.65. The molecule has 1 nitrogen and oxygen atoms in total. The fraction of sp³-hybridized carbons (Fsp3) is 0.0968. The van der Waals surface area contributed by atoms with Gasteiger partial charge in [0.25, 0.3) is 0 Å². The van der Waals surface area contributed by atoms with Gasteiger partial charge in [-0.05, 0) is 50.6 Å². The summed E-state index contributed by atoms with van der Waals surface area (Å²) in [7, 11) is 0. The molecule has 0 radical (unpaired) electrons. The molecule has 0 bridgehead atoms. The molecule has 0 aromatic heterocycles. The molecule has 0 N–H and O–H groups in total. The Kier molecular flexibility index (Phi) is 3.90. The van der Waals surface area contributed by atoms with Crippen molar-refractivity contribution in [1.29, 1.82) is 0 Å². The fourth-order valence-corrected chi connectivity index (χ4v) is 5.86. The van der Waals surface area contributed by atoms with Gasteiger partial charge in [-0.15, -0.1) is 0 Å². The van der Waals surface area contributed by atoms with Gasteiger partial charge in [0.05, 0.1) is 0 Å². The zero-order valence-corrected chi connectivity index (χ0v) is 18.8.